The third-order valence-electron chi connectivity index (χ3n) is 7.26. The molecule has 3 atom stereocenters. The Balaban J connectivity index is 1.19. The summed E-state index contributed by atoms with van der Waals surface area (Å²) < 4.78 is 42.8. The monoisotopic (exact) mass is 492 g/mol. The molecule has 0 N–H and O–H groups in total. The number of rotatable bonds is 9. The van der Waals surface area contributed by atoms with E-state index in [1.165, 1.54) is 18.6 Å². The summed E-state index contributed by atoms with van der Waals surface area (Å²) in [6.07, 6.45) is 9.44. The number of oxime groups is 1. The van der Waals surface area contributed by atoms with E-state index < -0.39 is 15.7 Å². The molecular weight excluding hydrogens is 459 g/mol. The van der Waals surface area contributed by atoms with Gasteiger partial charge in [-0.15, -0.1) is 0 Å². The molecule has 3 aliphatic rings. The number of carbonyl (C=O) groups excluding carboxylic acids is 1. The van der Waals surface area contributed by atoms with Crippen molar-refractivity contribution in [3.8, 4) is 5.75 Å². The minimum atomic E-state index is -3.58. The molecule has 4 rings (SSSR count). The summed E-state index contributed by atoms with van der Waals surface area (Å²) in [4.78, 5) is 18.5. The molecule has 2 aliphatic heterocycles. The van der Waals surface area contributed by atoms with Gasteiger partial charge in [-0.1, -0.05) is 12.1 Å². The van der Waals surface area contributed by atoms with Crippen LogP contribution >= 0.6 is 0 Å². The van der Waals surface area contributed by atoms with Gasteiger partial charge in [0.2, 0.25) is 5.88 Å². The van der Waals surface area contributed by atoms with Crippen molar-refractivity contribution in [2.24, 2.45) is 28.8 Å². The molecule has 1 saturated carbocycles. The number of hydrogen-bond acceptors (Lipinski definition) is 7. The smallest absolute Gasteiger partial charge is 0.221 e. The molecule has 0 spiro atoms. The fourth-order valence-electron chi connectivity index (χ4n) is 5.09. The molecule has 1 aromatic carbocycles. The van der Waals surface area contributed by atoms with Crippen LogP contribution in [0.25, 0.3) is 0 Å². The number of allylic oxidation sites excluding steroid dienone is 1. The topological polar surface area (TPSA) is 85.3 Å². The van der Waals surface area contributed by atoms with Crippen molar-refractivity contribution in [2.75, 3.05) is 26.0 Å². The van der Waals surface area contributed by atoms with Crippen LogP contribution in [0.5, 0.6) is 5.75 Å². The van der Waals surface area contributed by atoms with Crippen LogP contribution in [0, 0.1) is 29.5 Å². The standard InChI is InChI=1S/C25H33FN2O5S/c1-17-3-6-25(33-27-23(17)9-13-29)28-11-7-18(8-12-28)21-15-19(21)10-14-32-20-4-5-24(22(26)16-20)34(2,30)31/h4-6,13,16-19,21H,3,7-12,14-15H2,1-2H3. The molecule has 1 saturated heterocycles. The van der Waals surface area contributed by atoms with Gasteiger partial charge in [0.05, 0.1) is 12.3 Å². The van der Waals surface area contributed by atoms with Gasteiger partial charge in [-0.3, -0.25) is 0 Å². The number of aldehydes is 1. The van der Waals surface area contributed by atoms with E-state index in [4.69, 9.17) is 9.57 Å². The maximum Gasteiger partial charge on any atom is 0.221 e. The fourth-order valence-corrected chi connectivity index (χ4v) is 5.81. The minimum Gasteiger partial charge on any atom is -0.493 e. The number of hydrogen-bond donors (Lipinski definition) is 0. The van der Waals surface area contributed by atoms with Crippen LogP contribution in [0.15, 0.2) is 40.2 Å². The second-order valence-corrected chi connectivity index (χ2v) is 11.7. The summed E-state index contributed by atoms with van der Waals surface area (Å²) in [6.45, 7) is 4.44. The number of sulfone groups is 1. The molecule has 0 bridgehead atoms. The van der Waals surface area contributed by atoms with Crippen molar-refractivity contribution in [2.45, 2.75) is 50.3 Å². The van der Waals surface area contributed by atoms with Crippen molar-refractivity contribution in [3.63, 3.8) is 0 Å². The van der Waals surface area contributed by atoms with Crippen molar-refractivity contribution >= 4 is 21.8 Å². The molecular formula is C25H33FN2O5S. The predicted molar refractivity (Wildman–Crippen MR) is 127 cm³/mol. The van der Waals surface area contributed by atoms with Crippen LogP contribution in [0.1, 0.15) is 45.4 Å². The molecule has 1 aliphatic carbocycles. The second kappa shape index (κ2) is 10.5. The Morgan fingerprint density at radius 3 is 2.74 bits per heavy atom. The summed E-state index contributed by atoms with van der Waals surface area (Å²) in [5.74, 6) is 2.62. The first-order valence-corrected chi connectivity index (χ1v) is 13.9. The first kappa shape index (κ1) is 24.7. The van der Waals surface area contributed by atoms with Crippen LogP contribution in [0.2, 0.25) is 0 Å². The van der Waals surface area contributed by atoms with Crippen LogP contribution in [0.4, 0.5) is 4.39 Å². The highest BCUT2D eigenvalue weighted by atomic mass is 32.2. The number of benzene rings is 1. The van der Waals surface area contributed by atoms with Gasteiger partial charge in [0.15, 0.2) is 9.84 Å². The number of carbonyl (C=O) groups is 1. The maximum atomic E-state index is 14.0. The zero-order valence-electron chi connectivity index (χ0n) is 19.8. The molecule has 34 heavy (non-hydrogen) atoms. The molecule has 1 aromatic rings. The van der Waals surface area contributed by atoms with Gasteiger partial charge >= 0.3 is 0 Å². The lowest BCUT2D eigenvalue weighted by Crippen LogP contribution is -2.34. The van der Waals surface area contributed by atoms with E-state index >= 15 is 0 Å². The van der Waals surface area contributed by atoms with Gasteiger partial charge in [-0.25, -0.2) is 12.8 Å². The number of halogens is 1. The molecule has 186 valence electrons. The normalized spacial score (nSPS) is 25.6. The second-order valence-electron chi connectivity index (χ2n) is 9.71. The molecule has 9 heteroatoms. The first-order valence-electron chi connectivity index (χ1n) is 12.0. The van der Waals surface area contributed by atoms with Gasteiger partial charge in [-0.2, -0.15) is 0 Å². The van der Waals surface area contributed by atoms with Crippen molar-refractivity contribution in [1.29, 1.82) is 0 Å². The molecule has 0 radical (unpaired) electrons. The van der Waals surface area contributed by atoms with Gasteiger partial charge in [0.25, 0.3) is 0 Å². The Bertz CT molecular complexity index is 1060. The Morgan fingerprint density at radius 1 is 1.29 bits per heavy atom. The van der Waals surface area contributed by atoms with Crippen molar-refractivity contribution in [1.82, 2.24) is 4.90 Å². The van der Waals surface area contributed by atoms with Gasteiger partial charge in [-0.05, 0) is 68.1 Å². The molecule has 2 fully saturated rings. The lowest BCUT2D eigenvalue weighted by Gasteiger charge is -2.33. The quantitative estimate of drug-likeness (QED) is 0.481. The zero-order chi connectivity index (χ0) is 24.3. The fraction of sp³-hybridized carbons (Fsp3) is 0.600. The number of piperidine rings is 1. The molecule has 2 heterocycles. The van der Waals surface area contributed by atoms with Crippen LogP contribution < -0.4 is 4.74 Å². The summed E-state index contributed by atoms with van der Waals surface area (Å²) in [5.41, 5.74) is 0.799. The van der Waals surface area contributed by atoms with Gasteiger partial charge in [0, 0.05) is 37.8 Å². The third-order valence-corrected chi connectivity index (χ3v) is 8.39. The average molecular weight is 493 g/mol. The van der Waals surface area contributed by atoms with E-state index in [0.29, 0.717) is 36.5 Å². The summed E-state index contributed by atoms with van der Waals surface area (Å²) >= 11 is 0. The van der Waals surface area contributed by atoms with Crippen LogP contribution in [-0.2, 0) is 19.5 Å². The molecule has 0 aromatic heterocycles. The number of likely N-dealkylation sites (tertiary alicyclic amines) is 1. The van der Waals surface area contributed by atoms with Crippen LogP contribution in [0.3, 0.4) is 0 Å². The molecule has 0 amide bonds. The highest BCUT2D eigenvalue weighted by molar-refractivity contribution is 7.90. The SMILES string of the molecule is CC1CC=C(N2CCC(C3CC3CCOc3ccc(S(C)(=O)=O)c(F)c3)CC2)ON=C1CC=O. The van der Waals surface area contributed by atoms with Gasteiger partial charge < -0.3 is 19.3 Å². The minimum absolute atomic E-state index is 0.212. The van der Waals surface area contributed by atoms with E-state index in [1.807, 2.05) is 0 Å². The lowest BCUT2D eigenvalue weighted by molar-refractivity contribution is -0.106. The molecule has 7 nitrogen and oxygen atoms in total. The summed E-state index contributed by atoms with van der Waals surface area (Å²) in [5, 5.41) is 4.22. The zero-order valence-corrected chi connectivity index (χ0v) is 20.6. The molecule has 3 unspecified atom stereocenters. The lowest BCUT2D eigenvalue weighted by atomic mass is 9.90. The number of ether oxygens (including phenoxy) is 1. The highest BCUT2D eigenvalue weighted by Gasteiger charge is 2.43. The van der Waals surface area contributed by atoms with Crippen LogP contribution in [-0.4, -0.2) is 51.3 Å². The van der Waals surface area contributed by atoms with E-state index in [9.17, 15) is 17.6 Å². The maximum absolute atomic E-state index is 14.0. The Hall–Kier alpha value is -2.42. The summed E-state index contributed by atoms with van der Waals surface area (Å²) in [6, 6.07) is 3.92. The third kappa shape index (κ3) is 5.98. The summed E-state index contributed by atoms with van der Waals surface area (Å²) in [7, 11) is -3.58. The van der Waals surface area contributed by atoms with E-state index in [2.05, 4.69) is 23.1 Å². The van der Waals surface area contributed by atoms with Crippen molar-refractivity contribution < 1.29 is 27.2 Å². The van der Waals surface area contributed by atoms with Gasteiger partial charge in [0.1, 0.15) is 22.7 Å². The Kier molecular flexibility index (Phi) is 7.60. The Labute approximate surface area is 200 Å². The predicted octanol–water partition coefficient (Wildman–Crippen LogP) is 4.19. The van der Waals surface area contributed by atoms with E-state index in [-0.39, 0.29) is 10.8 Å². The van der Waals surface area contributed by atoms with Crippen molar-refractivity contribution in [3.05, 3.63) is 36.0 Å². The largest absolute Gasteiger partial charge is 0.493 e. The average Bonchev–Trinajstić information content (AvgIpc) is 3.59. The number of nitrogens with zero attached hydrogens (tertiary/aromatic N) is 2. The first-order chi connectivity index (χ1) is 16.3. The van der Waals surface area contributed by atoms with E-state index in [0.717, 1.165) is 69.0 Å². The van der Waals surface area contributed by atoms with E-state index in [1.54, 1.807) is 0 Å². The highest BCUT2D eigenvalue weighted by Crippen LogP contribution is 2.50. The Morgan fingerprint density at radius 2 is 2.06 bits per heavy atom.